The van der Waals surface area contributed by atoms with E-state index in [1.54, 1.807) is 0 Å². The fourth-order valence-corrected chi connectivity index (χ4v) is 3.44. The Morgan fingerprint density at radius 3 is 2.90 bits per heavy atom. The molecule has 4 heteroatoms. The molecule has 1 aliphatic carbocycles. The van der Waals surface area contributed by atoms with Crippen molar-refractivity contribution in [2.75, 3.05) is 12.3 Å². The minimum absolute atomic E-state index is 0.393. The van der Waals surface area contributed by atoms with E-state index in [4.69, 9.17) is 10.5 Å². The lowest BCUT2D eigenvalue weighted by molar-refractivity contribution is 0.320. The molecule has 2 N–H and O–H groups in total. The Morgan fingerprint density at radius 2 is 2.24 bits per heavy atom. The highest BCUT2D eigenvalue weighted by molar-refractivity contribution is 5.84. The van der Waals surface area contributed by atoms with Crippen LogP contribution in [-0.4, -0.2) is 16.2 Å². The Hall–Kier alpha value is -1.71. The van der Waals surface area contributed by atoms with Crippen LogP contribution in [-0.2, 0) is 0 Å². The van der Waals surface area contributed by atoms with E-state index in [9.17, 15) is 0 Å². The summed E-state index contributed by atoms with van der Waals surface area (Å²) in [6.07, 6.45) is 4.55. The first-order chi connectivity index (χ1) is 10.0. The molecule has 21 heavy (non-hydrogen) atoms. The minimum Gasteiger partial charge on any atom is -0.491 e. The van der Waals surface area contributed by atoms with E-state index in [-0.39, 0.29) is 0 Å². The van der Waals surface area contributed by atoms with Crippen LogP contribution in [0.2, 0.25) is 0 Å². The van der Waals surface area contributed by atoms with Gasteiger partial charge in [-0.05, 0) is 43.2 Å². The summed E-state index contributed by atoms with van der Waals surface area (Å²) in [4.78, 5) is 4.57. The summed E-state index contributed by atoms with van der Waals surface area (Å²) in [7, 11) is 0. The molecular formula is C17H25N3O. The lowest BCUT2D eigenvalue weighted by Crippen LogP contribution is -2.11. The lowest BCUT2D eigenvalue weighted by Gasteiger charge is -2.19. The highest BCUT2D eigenvalue weighted by atomic mass is 16.5. The second kappa shape index (κ2) is 5.24. The van der Waals surface area contributed by atoms with Crippen molar-refractivity contribution in [3.63, 3.8) is 0 Å². The Morgan fingerprint density at radius 1 is 1.43 bits per heavy atom. The van der Waals surface area contributed by atoms with Gasteiger partial charge in [0.05, 0.1) is 12.1 Å². The second-order valence-electron chi connectivity index (χ2n) is 6.87. The third kappa shape index (κ3) is 2.59. The van der Waals surface area contributed by atoms with Crippen molar-refractivity contribution in [1.29, 1.82) is 0 Å². The molecule has 0 radical (unpaired) electrons. The van der Waals surface area contributed by atoms with E-state index in [0.29, 0.717) is 24.0 Å². The smallest absolute Gasteiger partial charge is 0.201 e. The summed E-state index contributed by atoms with van der Waals surface area (Å²) in [6.45, 7) is 7.48. The van der Waals surface area contributed by atoms with Crippen LogP contribution in [0.4, 0.5) is 5.95 Å². The summed E-state index contributed by atoms with van der Waals surface area (Å²) in [6, 6.07) is 6.56. The van der Waals surface area contributed by atoms with Gasteiger partial charge < -0.3 is 15.0 Å². The molecule has 4 nitrogen and oxygen atoms in total. The Kier molecular flexibility index (Phi) is 3.56. The van der Waals surface area contributed by atoms with Crippen molar-refractivity contribution in [2.45, 2.75) is 52.5 Å². The van der Waals surface area contributed by atoms with E-state index in [0.717, 1.165) is 29.6 Å². The van der Waals surface area contributed by atoms with E-state index in [1.165, 1.54) is 12.8 Å². The molecule has 1 aliphatic rings. The maximum atomic E-state index is 6.22. The van der Waals surface area contributed by atoms with E-state index < -0.39 is 0 Å². The van der Waals surface area contributed by atoms with Gasteiger partial charge >= 0.3 is 0 Å². The fourth-order valence-electron chi connectivity index (χ4n) is 3.44. The van der Waals surface area contributed by atoms with E-state index in [2.05, 4.69) is 36.4 Å². The number of para-hydroxylation sites is 1. The van der Waals surface area contributed by atoms with E-state index in [1.807, 2.05) is 12.1 Å². The summed E-state index contributed by atoms with van der Waals surface area (Å²) in [5.41, 5.74) is 8.61. The van der Waals surface area contributed by atoms with Crippen LogP contribution in [0.15, 0.2) is 18.2 Å². The number of fused-ring (bicyclic) bond motifs is 1. The predicted octanol–water partition coefficient (Wildman–Crippen LogP) is 4.16. The fraction of sp³-hybridized carbons (Fsp3) is 0.588. The SMILES string of the molecule is CCCOc1cccc2c1nc(N)n2C1CCC(C)(C)C1. The standard InChI is InChI=1S/C17H25N3O/c1-4-10-21-14-7-5-6-13-15(14)19-16(18)20(13)12-8-9-17(2,3)11-12/h5-7,12H,4,8-11H2,1-3H3,(H2,18,19). The molecule has 1 atom stereocenters. The molecule has 1 saturated carbocycles. The number of hydrogen-bond acceptors (Lipinski definition) is 3. The van der Waals surface area contributed by atoms with Gasteiger partial charge in [0.15, 0.2) is 0 Å². The number of ether oxygens (including phenoxy) is 1. The molecule has 1 fully saturated rings. The van der Waals surface area contributed by atoms with Crippen molar-refractivity contribution in [2.24, 2.45) is 5.41 Å². The van der Waals surface area contributed by atoms with Gasteiger partial charge in [0.2, 0.25) is 5.95 Å². The van der Waals surface area contributed by atoms with Crippen molar-refractivity contribution in [3.05, 3.63) is 18.2 Å². The number of nitrogens with two attached hydrogens (primary N) is 1. The molecule has 114 valence electrons. The summed E-state index contributed by atoms with van der Waals surface area (Å²) < 4.78 is 8.02. The molecule has 0 saturated heterocycles. The molecular weight excluding hydrogens is 262 g/mol. The number of benzene rings is 1. The van der Waals surface area contributed by atoms with Crippen LogP contribution in [0.25, 0.3) is 11.0 Å². The van der Waals surface area contributed by atoms with Crippen LogP contribution in [0, 0.1) is 5.41 Å². The molecule has 0 aliphatic heterocycles. The first kappa shape index (κ1) is 14.2. The van der Waals surface area contributed by atoms with Gasteiger partial charge in [-0.1, -0.05) is 26.8 Å². The predicted molar refractivity (Wildman–Crippen MR) is 86.6 cm³/mol. The number of hydrogen-bond donors (Lipinski definition) is 1. The highest BCUT2D eigenvalue weighted by Gasteiger charge is 2.33. The number of aromatic nitrogens is 2. The van der Waals surface area contributed by atoms with Gasteiger partial charge in [0, 0.05) is 6.04 Å². The van der Waals surface area contributed by atoms with Crippen LogP contribution in [0.1, 0.15) is 52.5 Å². The molecule has 0 spiro atoms. The quantitative estimate of drug-likeness (QED) is 0.918. The minimum atomic E-state index is 0.393. The molecule has 1 unspecified atom stereocenters. The first-order valence-corrected chi connectivity index (χ1v) is 7.91. The second-order valence-corrected chi connectivity index (χ2v) is 6.87. The monoisotopic (exact) mass is 287 g/mol. The van der Waals surface area contributed by atoms with Gasteiger partial charge in [-0.2, -0.15) is 0 Å². The molecule has 0 bridgehead atoms. The number of rotatable bonds is 4. The third-order valence-corrected chi connectivity index (χ3v) is 4.48. The van der Waals surface area contributed by atoms with Gasteiger partial charge in [0.1, 0.15) is 11.3 Å². The Labute approximate surface area is 126 Å². The van der Waals surface area contributed by atoms with Crippen molar-refractivity contribution in [3.8, 4) is 5.75 Å². The molecule has 1 aromatic heterocycles. The maximum Gasteiger partial charge on any atom is 0.201 e. The van der Waals surface area contributed by atoms with Crippen LogP contribution in [0.5, 0.6) is 5.75 Å². The summed E-state index contributed by atoms with van der Waals surface area (Å²) in [5, 5.41) is 0. The van der Waals surface area contributed by atoms with Crippen LogP contribution >= 0.6 is 0 Å². The molecule has 2 aromatic rings. The molecule has 3 rings (SSSR count). The summed E-state index contributed by atoms with van der Waals surface area (Å²) in [5.74, 6) is 1.46. The maximum absolute atomic E-state index is 6.22. The van der Waals surface area contributed by atoms with Gasteiger partial charge in [0.25, 0.3) is 0 Å². The Balaban J connectivity index is 2.02. The van der Waals surface area contributed by atoms with Crippen LogP contribution < -0.4 is 10.5 Å². The number of nitrogen functional groups attached to an aromatic ring is 1. The van der Waals surface area contributed by atoms with Gasteiger partial charge in [-0.3, -0.25) is 0 Å². The lowest BCUT2D eigenvalue weighted by atomic mass is 9.92. The molecule has 1 heterocycles. The zero-order valence-corrected chi connectivity index (χ0v) is 13.2. The normalized spacial score (nSPS) is 21.0. The Bertz CT molecular complexity index is 645. The summed E-state index contributed by atoms with van der Waals surface area (Å²) >= 11 is 0. The number of nitrogens with zero attached hydrogens (tertiary/aromatic N) is 2. The van der Waals surface area contributed by atoms with Crippen molar-refractivity contribution in [1.82, 2.24) is 9.55 Å². The zero-order chi connectivity index (χ0) is 15.0. The topological polar surface area (TPSA) is 53.1 Å². The van der Waals surface area contributed by atoms with Crippen molar-refractivity contribution >= 4 is 17.0 Å². The van der Waals surface area contributed by atoms with E-state index >= 15 is 0 Å². The third-order valence-electron chi connectivity index (χ3n) is 4.48. The highest BCUT2D eigenvalue weighted by Crippen LogP contribution is 2.45. The number of imidazole rings is 1. The average Bonchev–Trinajstić information content (AvgIpc) is 2.95. The van der Waals surface area contributed by atoms with Crippen LogP contribution in [0.3, 0.4) is 0 Å². The van der Waals surface area contributed by atoms with Crippen molar-refractivity contribution < 1.29 is 4.74 Å². The zero-order valence-electron chi connectivity index (χ0n) is 13.2. The largest absolute Gasteiger partial charge is 0.491 e. The average molecular weight is 287 g/mol. The first-order valence-electron chi connectivity index (χ1n) is 7.91. The number of anilines is 1. The van der Waals surface area contributed by atoms with Gasteiger partial charge in [-0.25, -0.2) is 4.98 Å². The molecule has 0 amide bonds. The van der Waals surface area contributed by atoms with Gasteiger partial charge in [-0.15, -0.1) is 0 Å². The molecule has 1 aromatic carbocycles.